The van der Waals surface area contributed by atoms with Crippen molar-refractivity contribution in [3.63, 3.8) is 0 Å². The molecule has 2 saturated carbocycles. The van der Waals surface area contributed by atoms with Crippen molar-refractivity contribution in [1.29, 1.82) is 0 Å². The molecule has 168 valence electrons. The topological polar surface area (TPSA) is 99.3 Å². The second kappa shape index (κ2) is 6.81. The van der Waals surface area contributed by atoms with Crippen LogP contribution in [0.15, 0.2) is 33.6 Å². The molecule has 3 aliphatic rings. The highest BCUT2D eigenvalue weighted by Gasteiger charge is 2.59. The van der Waals surface area contributed by atoms with Crippen molar-refractivity contribution in [1.82, 2.24) is 14.7 Å². The molecule has 2 aliphatic carbocycles. The summed E-state index contributed by atoms with van der Waals surface area (Å²) in [6.07, 6.45) is 5.14. The van der Waals surface area contributed by atoms with E-state index in [0.717, 1.165) is 49.6 Å². The fourth-order valence-electron chi connectivity index (χ4n) is 5.65. The summed E-state index contributed by atoms with van der Waals surface area (Å²) < 4.78 is 18.2. The van der Waals surface area contributed by atoms with Gasteiger partial charge >= 0.3 is 11.7 Å². The molecule has 1 saturated heterocycles. The molecule has 0 radical (unpaired) electrons. The van der Waals surface area contributed by atoms with Gasteiger partial charge < -0.3 is 14.0 Å². The number of hydrogen-bond donors (Lipinski definition) is 1. The number of carbonyl (C=O) groups is 1. The lowest BCUT2D eigenvalue weighted by Crippen LogP contribution is -2.27. The van der Waals surface area contributed by atoms with Gasteiger partial charge in [-0.15, -0.1) is 0 Å². The molecule has 1 spiro atoms. The number of ether oxygens (including phenoxy) is 2. The number of fused-ring (bicyclic) bond motifs is 1. The zero-order chi connectivity index (χ0) is 22.1. The highest BCUT2D eigenvalue weighted by atomic mass is 16.5. The Kier molecular flexibility index (Phi) is 4.21. The fraction of sp³-hybridized carbons (Fsp3) is 0.542. The predicted octanol–water partition coefficient (Wildman–Crippen LogP) is 3.70. The normalized spacial score (nSPS) is 28.2. The average Bonchev–Trinajstić information content (AvgIpc) is 3.55. The molecule has 3 atom stereocenters. The van der Waals surface area contributed by atoms with Crippen LogP contribution in [0.2, 0.25) is 0 Å². The second-order valence-electron chi connectivity index (χ2n) is 9.60. The molecular weight excluding hydrogens is 410 g/mol. The summed E-state index contributed by atoms with van der Waals surface area (Å²) in [6, 6.07) is 8.38. The van der Waals surface area contributed by atoms with E-state index in [-0.39, 0.29) is 17.5 Å². The lowest BCUT2D eigenvalue weighted by Gasteiger charge is -2.30. The molecule has 1 N–H and O–H groups in total. The first-order valence-electron chi connectivity index (χ1n) is 11.5. The summed E-state index contributed by atoms with van der Waals surface area (Å²) in [5, 5.41) is 4.99. The molecule has 1 aliphatic heterocycles. The van der Waals surface area contributed by atoms with Gasteiger partial charge in [0.1, 0.15) is 11.2 Å². The third kappa shape index (κ3) is 2.88. The van der Waals surface area contributed by atoms with Gasteiger partial charge in [-0.05, 0) is 74.6 Å². The predicted molar refractivity (Wildman–Crippen MR) is 116 cm³/mol. The van der Waals surface area contributed by atoms with E-state index in [9.17, 15) is 9.59 Å². The van der Waals surface area contributed by atoms with Gasteiger partial charge in [0.15, 0.2) is 5.82 Å². The van der Waals surface area contributed by atoms with Gasteiger partial charge in [-0.25, -0.2) is 9.59 Å². The lowest BCUT2D eigenvalue weighted by molar-refractivity contribution is -0.0132. The second-order valence-corrected chi connectivity index (χ2v) is 9.60. The molecule has 3 aromatic rings. The van der Waals surface area contributed by atoms with Gasteiger partial charge in [0, 0.05) is 17.5 Å². The van der Waals surface area contributed by atoms with Crippen LogP contribution in [0.25, 0.3) is 10.9 Å². The zero-order valence-corrected chi connectivity index (χ0v) is 18.3. The number of H-pyrrole nitrogens is 1. The Hall–Kier alpha value is -2.87. The third-order valence-electron chi connectivity index (χ3n) is 7.60. The number of rotatable bonds is 5. The Morgan fingerprint density at radius 3 is 2.78 bits per heavy atom. The Morgan fingerprint density at radius 1 is 1.31 bits per heavy atom. The number of aromatic amines is 1. The molecule has 6 rings (SSSR count). The third-order valence-corrected chi connectivity index (χ3v) is 7.60. The Bertz CT molecular complexity index is 1270. The van der Waals surface area contributed by atoms with E-state index in [2.05, 4.69) is 35.3 Å². The van der Waals surface area contributed by atoms with Gasteiger partial charge in [-0.3, -0.25) is 9.51 Å². The SMILES string of the molecule is CCOC(=O)c1cc2cc(C3CCOC4(CC4)C3)ccc2n1[C@@]1(c2noc(=O)[nH]2)C[C@@H]1C. The maximum atomic E-state index is 13.0. The van der Waals surface area contributed by atoms with E-state index >= 15 is 0 Å². The molecule has 0 amide bonds. The van der Waals surface area contributed by atoms with Crippen molar-refractivity contribution in [3.8, 4) is 0 Å². The molecule has 32 heavy (non-hydrogen) atoms. The van der Waals surface area contributed by atoms with Gasteiger partial charge in [-0.1, -0.05) is 18.1 Å². The Labute approximate surface area is 184 Å². The van der Waals surface area contributed by atoms with Crippen LogP contribution in [0.4, 0.5) is 0 Å². The van der Waals surface area contributed by atoms with E-state index in [4.69, 9.17) is 14.0 Å². The molecule has 8 heteroatoms. The molecule has 2 aromatic heterocycles. The number of benzene rings is 1. The van der Waals surface area contributed by atoms with Crippen LogP contribution in [-0.2, 0) is 15.0 Å². The first kappa shape index (κ1) is 19.8. The molecule has 3 fully saturated rings. The molecule has 1 aromatic carbocycles. The van der Waals surface area contributed by atoms with Gasteiger partial charge in [0.2, 0.25) is 0 Å². The van der Waals surface area contributed by atoms with Gasteiger partial charge in [-0.2, -0.15) is 0 Å². The first-order chi connectivity index (χ1) is 15.5. The number of nitrogens with one attached hydrogen (secondary N) is 1. The number of aromatic nitrogens is 3. The van der Waals surface area contributed by atoms with E-state index < -0.39 is 11.3 Å². The Morgan fingerprint density at radius 2 is 2.12 bits per heavy atom. The molecule has 0 bridgehead atoms. The molecule has 3 heterocycles. The summed E-state index contributed by atoms with van der Waals surface area (Å²) in [4.78, 5) is 27.4. The lowest BCUT2D eigenvalue weighted by atomic mass is 9.87. The van der Waals surface area contributed by atoms with Crippen molar-refractivity contribution in [2.45, 2.75) is 63.0 Å². The van der Waals surface area contributed by atoms with Gasteiger partial charge in [0.25, 0.3) is 0 Å². The van der Waals surface area contributed by atoms with Crippen molar-refractivity contribution >= 4 is 16.9 Å². The van der Waals surface area contributed by atoms with Crippen LogP contribution in [-0.4, -0.2) is 39.5 Å². The smallest absolute Gasteiger partial charge is 0.438 e. The van der Waals surface area contributed by atoms with E-state index in [1.54, 1.807) is 6.92 Å². The minimum Gasteiger partial charge on any atom is -0.461 e. The van der Waals surface area contributed by atoms with Crippen LogP contribution in [0, 0.1) is 5.92 Å². The standard InChI is InChI=1S/C24H27N3O5/c1-3-30-20(28)19-11-17-10-15(16-6-9-31-23(13-16)7-8-23)4-5-18(17)27(19)24(12-14(24)2)21-25-22(29)32-26-21/h4-5,10-11,14,16H,3,6-9,12-13H2,1-2H3,(H,25,26,29)/t14-,16?,24-/m0/s1. The van der Waals surface area contributed by atoms with Crippen LogP contribution in [0.3, 0.4) is 0 Å². The monoisotopic (exact) mass is 437 g/mol. The van der Waals surface area contributed by atoms with Crippen LogP contribution in [0.5, 0.6) is 0 Å². The largest absolute Gasteiger partial charge is 0.461 e. The van der Waals surface area contributed by atoms with Crippen molar-refractivity contribution in [2.75, 3.05) is 13.2 Å². The van der Waals surface area contributed by atoms with E-state index in [0.29, 0.717) is 24.0 Å². The summed E-state index contributed by atoms with van der Waals surface area (Å²) >= 11 is 0. The highest BCUT2D eigenvalue weighted by Crippen LogP contribution is 2.56. The van der Waals surface area contributed by atoms with E-state index in [1.165, 1.54) is 5.56 Å². The maximum Gasteiger partial charge on any atom is 0.438 e. The summed E-state index contributed by atoms with van der Waals surface area (Å²) in [5.41, 5.74) is 2.16. The average molecular weight is 437 g/mol. The maximum absolute atomic E-state index is 13.0. The first-order valence-corrected chi connectivity index (χ1v) is 11.5. The summed E-state index contributed by atoms with van der Waals surface area (Å²) in [6.45, 7) is 4.97. The van der Waals surface area contributed by atoms with Crippen LogP contribution >= 0.6 is 0 Å². The molecular formula is C24H27N3O5. The number of nitrogens with zero attached hydrogens (tertiary/aromatic N) is 2. The summed E-state index contributed by atoms with van der Waals surface area (Å²) in [5.74, 6) is 0.117. The minimum absolute atomic E-state index is 0.103. The highest BCUT2D eigenvalue weighted by molar-refractivity contribution is 5.96. The van der Waals surface area contributed by atoms with Crippen molar-refractivity contribution in [3.05, 3.63) is 51.9 Å². The van der Waals surface area contributed by atoms with Gasteiger partial charge in [0.05, 0.1) is 12.2 Å². The van der Waals surface area contributed by atoms with E-state index in [1.807, 2.05) is 10.6 Å². The molecule has 8 nitrogen and oxygen atoms in total. The zero-order valence-electron chi connectivity index (χ0n) is 18.3. The Balaban J connectivity index is 1.48. The molecule has 1 unspecified atom stereocenters. The fourth-order valence-corrected chi connectivity index (χ4v) is 5.65. The minimum atomic E-state index is -0.631. The number of esters is 1. The number of carbonyl (C=O) groups excluding carboxylic acids is 1. The van der Waals surface area contributed by atoms with Crippen LogP contribution in [0.1, 0.15) is 73.7 Å². The number of hydrogen-bond acceptors (Lipinski definition) is 6. The quantitative estimate of drug-likeness (QED) is 0.611. The van der Waals surface area contributed by atoms with Crippen LogP contribution < -0.4 is 5.76 Å². The van der Waals surface area contributed by atoms with Crippen molar-refractivity contribution in [2.24, 2.45) is 5.92 Å². The summed E-state index contributed by atoms with van der Waals surface area (Å²) in [7, 11) is 0. The van der Waals surface area contributed by atoms with Crippen molar-refractivity contribution < 1.29 is 18.8 Å².